The predicted octanol–water partition coefficient (Wildman–Crippen LogP) is 4.10. The number of rotatable bonds is 3. The third-order valence-corrected chi connectivity index (χ3v) is 9.65. The maximum absolute atomic E-state index is 12.0. The molecule has 0 spiro atoms. The minimum absolute atomic E-state index is 0.00540. The minimum atomic E-state index is -0.534. The van der Waals surface area contributed by atoms with Gasteiger partial charge in [0, 0.05) is 6.42 Å². The summed E-state index contributed by atoms with van der Waals surface area (Å²) in [5.41, 5.74) is -0.234. The first-order valence-corrected chi connectivity index (χ1v) is 10.7. The van der Waals surface area contributed by atoms with Gasteiger partial charge in [0.05, 0.1) is 11.7 Å². The van der Waals surface area contributed by atoms with Crippen LogP contribution < -0.4 is 0 Å². The number of fused-ring (bicyclic) bond motifs is 5. The van der Waals surface area contributed by atoms with Crippen LogP contribution in [0.25, 0.3) is 0 Å². The van der Waals surface area contributed by atoms with Gasteiger partial charge in [0.25, 0.3) is 0 Å². The Morgan fingerprint density at radius 1 is 1.00 bits per heavy atom. The predicted molar refractivity (Wildman–Crippen MR) is 98.0 cm³/mol. The number of aliphatic hydroxyl groups is 2. The standard InChI is InChI=1S/C22H36O3/c1-20-10-8-17(24)14-16(20)5-6-19-18(20)9-11-21(2)15(4-3-13-23)7-12-22(19,21)25/h13,15-19,24-25H,3-12,14H2,1-2H3/t15-,16+,17-,18?,19?,20-,21+,22-/m0/s1. The quantitative estimate of drug-likeness (QED) is 0.755. The van der Waals surface area contributed by atoms with Crippen LogP contribution in [0.1, 0.15) is 84.5 Å². The SMILES string of the molecule is C[C@]12CC[C@H](O)C[C@H]1CCC1C2CC[C@]2(C)[C@@H](CCC=O)CC[C@]12O. The topological polar surface area (TPSA) is 57.5 Å². The summed E-state index contributed by atoms with van der Waals surface area (Å²) in [6, 6.07) is 0. The zero-order valence-corrected chi connectivity index (χ0v) is 16.0. The second-order valence-corrected chi connectivity index (χ2v) is 10.3. The molecule has 25 heavy (non-hydrogen) atoms. The Hall–Kier alpha value is -0.410. The van der Waals surface area contributed by atoms with Crippen LogP contribution in [0.2, 0.25) is 0 Å². The largest absolute Gasteiger partial charge is 0.393 e. The molecule has 4 fully saturated rings. The number of aliphatic hydroxyl groups excluding tert-OH is 1. The average Bonchev–Trinajstić information content (AvgIpc) is 2.85. The van der Waals surface area contributed by atoms with Gasteiger partial charge in [-0.2, -0.15) is 0 Å². The van der Waals surface area contributed by atoms with Crippen molar-refractivity contribution >= 4 is 6.29 Å². The highest BCUT2D eigenvalue weighted by molar-refractivity contribution is 5.49. The lowest BCUT2D eigenvalue weighted by Gasteiger charge is -2.63. The van der Waals surface area contributed by atoms with Crippen molar-refractivity contribution in [1.29, 1.82) is 0 Å². The van der Waals surface area contributed by atoms with Crippen LogP contribution in [0, 0.1) is 34.5 Å². The summed E-state index contributed by atoms with van der Waals surface area (Å²) < 4.78 is 0. The van der Waals surface area contributed by atoms with Crippen molar-refractivity contribution in [3.63, 3.8) is 0 Å². The van der Waals surface area contributed by atoms with E-state index in [0.717, 1.165) is 57.7 Å². The molecule has 0 bridgehead atoms. The molecule has 0 aliphatic heterocycles. The number of aldehydes is 1. The minimum Gasteiger partial charge on any atom is -0.393 e. The third-order valence-electron chi connectivity index (χ3n) is 9.65. The highest BCUT2D eigenvalue weighted by atomic mass is 16.3. The lowest BCUT2D eigenvalue weighted by Crippen LogP contribution is -2.62. The van der Waals surface area contributed by atoms with E-state index in [2.05, 4.69) is 13.8 Å². The van der Waals surface area contributed by atoms with Gasteiger partial charge in [0.1, 0.15) is 6.29 Å². The molecule has 4 aliphatic carbocycles. The van der Waals surface area contributed by atoms with E-state index in [1.165, 1.54) is 12.8 Å². The highest BCUT2D eigenvalue weighted by Gasteiger charge is 2.66. The van der Waals surface area contributed by atoms with Gasteiger partial charge in [-0.3, -0.25) is 0 Å². The van der Waals surface area contributed by atoms with Crippen LogP contribution in [-0.4, -0.2) is 28.2 Å². The van der Waals surface area contributed by atoms with E-state index in [9.17, 15) is 15.0 Å². The Balaban J connectivity index is 1.61. The Morgan fingerprint density at radius 2 is 1.80 bits per heavy atom. The molecule has 3 nitrogen and oxygen atoms in total. The number of hydrogen-bond donors (Lipinski definition) is 2. The smallest absolute Gasteiger partial charge is 0.120 e. The number of carbonyl (C=O) groups is 1. The van der Waals surface area contributed by atoms with Crippen molar-refractivity contribution in [3.8, 4) is 0 Å². The number of carbonyl (C=O) groups excluding carboxylic acids is 1. The molecule has 4 aliphatic rings. The molecule has 0 saturated heterocycles. The highest BCUT2D eigenvalue weighted by Crippen LogP contribution is 2.69. The fraction of sp³-hybridized carbons (Fsp3) is 0.955. The summed E-state index contributed by atoms with van der Waals surface area (Å²) in [6.45, 7) is 4.79. The fourth-order valence-electron chi connectivity index (χ4n) is 8.05. The summed E-state index contributed by atoms with van der Waals surface area (Å²) in [4.78, 5) is 10.9. The molecule has 0 amide bonds. The molecule has 142 valence electrons. The van der Waals surface area contributed by atoms with Gasteiger partial charge in [-0.15, -0.1) is 0 Å². The Bertz CT molecular complexity index is 533. The molecular formula is C22H36O3. The normalized spacial score (nSPS) is 55.1. The van der Waals surface area contributed by atoms with Gasteiger partial charge >= 0.3 is 0 Å². The van der Waals surface area contributed by atoms with Gasteiger partial charge in [0.15, 0.2) is 0 Å². The zero-order valence-electron chi connectivity index (χ0n) is 16.0. The molecule has 0 aromatic rings. The van der Waals surface area contributed by atoms with Gasteiger partial charge in [-0.1, -0.05) is 13.8 Å². The molecule has 0 aromatic heterocycles. The molecule has 2 N–H and O–H groups in total. The average molecular weight is 349 g/mol. The van der Waals surface area contributed by atoms with E-state index in [0.29, 0.717) is 35.5 Å². The number of hydrogen-bond acceptors (Lipinski definition) is 3. The maximum atomic E-state index is 12.0. The molecule has 0 radical (unpaired) electrons. The van der Waals surface area contributed by atoms with Crippen LogP contribution >= 0.6 is 0 Å². The molecule has 4 saturated carbocycles. The van der Waals surface area contributed by atoms with Crippen molar-refractivity contribution in [3.05, 3.63) is 0 Å². The molecule has 4 rings (SSSR count). The molecule has 0 aromatic carbocycles. The van der Waals surface area contributed by atoms with Crippen LogP contribution in [0.3, 0.4) is 0 Å². The molecule has 2 unspecified atom stereocenters. The van der Waals surface area contributed by atoms with Gasteiger partial charge in [-0.25, -0.2) is 0 Å². The monoisotopic (exact) mass is 348 g/mol. The van der Waals surface area contributed by atoms with E-state index in [4.69, 9.17) is 0 Å². The van der Waals surface area contributed by atoms with Crippen molar-refractivity contribution in [2.75, 3.05) is 0 Å². The van der Waals surface area contributed by atoms with E-state index in [1.54, 1.807) is 0 Å². The lowest BCUT2D eigenvalue weighted by atomic mass is 9.43. The Kier molecular flexibility index (Phi) is 4.35. The molecule has 8 atom stereocenters. The maximum Gasteiger partial charge on any atom is 0.120 e. The first kappa shape index (κ1) is 18.0. The first-order valence-electron chi connectivity index (χ1n) is 10.7. The summed E-state index contributed by atoms with van der Waals surface area (Å²) >= 11 is 0. The van der Waals surface area contributed by atoms with Gasteiger partial charge < -0.3 is 15.0 Å². The second-order valence-electron chi connectivity index (χ2n) is 10.3. The lowest BCUT2D eigenvalue weighted by molar-refractivity contribution is -0.210. The molecule has 0 heterocycles. The van der Waals surface area contributed by atoms with Crippen LogP contribution in [-0.2, 0) is 4.79 Å². The van der Waals surface area contributed by atoms with Crippen LogP contribution in [0.4, 0.5) is 0 Å². The van der Waals surface area contributed by atoms with E-state index in [-0.39, 0.29) is 11.5 Å². The van der Waals surface area contributed by atoms with Crippen LogP contribution in [0.15, 0.2) is 0 Å². The fourth-order valence-corrected chi connectivity index (χ4v) is 8.05. The summed E-state index contributed by atoms with van der Waals surface area (Å²) in [7, 11) is 0. The summed E-state index contributed by atoms with van der Waals surface area (Å²) in [6.07, 6.45) is 12.2. The zero-order chi connectivity index (χ0) is 17.9. The van der Waals surface area contributed by atoms with Crippen molar-refractivity contribution in [2.45, 2.75) is 96.2 Å². The third kappa shape index (κ3) is 2.41. The second kappa shape index (κ2) is 6.05. The van der Waals surface area contributed by atoms with Gasteiger partial charge in [0.2, 0.25) is 0 Å². The Morgan fingerprint density at radius 3 is 2.56 bits per heavy atom. The summed E-state index contributed by atoms with van der Waals surface area (Å²) in [5, 5.41) is 22.1. The van der Waals surface area contributed by atoms with Crippen molar-refractivity contribution < 1.29 is 15.0 Å². The Labute approximate surface area is 152 Å². The van der Waals surface area contributed by atoms with Crippen molar-refractivity contribution in [2.24, 2.45) is 34.5 Å². The van der Waals surface area contributed by atoms with Gasteiger partial charge in [-0.05, 0) is 98.7 Å². The van der Waals surface area contributed by atoms with E-state index < -0.39 is 5.60 Å². The van der Waals surface area contributed by atoms with E-state index in [1.807, 2.05) is 0 Å². The molecular weight excluding hydrogens is 312 g/mol. The van der Waals surface area contributed by atoms with Crippen molar-refractivity contribution in [1.82, 2.24) is 0 Å². The summed E-state index contributed by atoms with van der Waals surface area (Å²) in [5.74, 6) is 2.17. The van der Waals surface area contributed by atoms with E-state index >= 15 is 0 Å². The first-order chi connectivity index (χ1) is 11.8. The molecule has 3 heteroatoms. The van der Waals surface area contributed by atoms with Crippen LogP contribution in [0.5, 0.6) is 0 Å².